The molecule has 0 radical (unpaired) electrons. The highest BCUT2D eigenvalue weighted by Gasteiger charge is 2.73. The van der Waals surface area contributed by atoms with Gasteiger partial charge in [0, 0.05) is 23.9 Å². The van der Waals surface area contributed by atoms with Crippen LogP contribution in [0.2, 0.25) is 0 Å². The molecule has 1 aromatic rings. The highest BCUT2D eigenvalue weighted by Crippen LogP contribution is 2.65. The first-order valence-corrected chi connectivity index (χ1v) is 15.1. The van der Waals surface area contributed by atoms with E-state index in [2.05, 4.69) is 10.2 Å². The van der Waals surface area contributed by atoms with Crippen molar-refractivity contribution in [3.05, 3.63) is 23.3 Å². The molecule has 218 valence electrons. The monoisotopic (exact) mass is 575 g/mol. The zero-order chi connectivity index (χ0) is 28.4. The Balaban J connectivity index is 1.29. The molecular formula is C28H37N3O8S. The molecule has 2 bridgehead atoms. The van der Waals surface area contributed by atoms with Crippen LogP contribution in [0.25, 0.3) is 0 Å². The number of aromatic hydroxyl groups is 1. The number of carbonyl (C=O) groups excluding carboxylic acids is 2. The molecule has 2 aliphatic heterocycles. The molecule has 6 rings (SSSR count). The lowest BCUT2D eigenvalue weighted by atomic mass is 9.48. The van der Waals surface area contributed by atoms with Gasteiger partial charge in [0.2, 0.25) is 5.91 Å². The smallest absolute Gasteiger partial charge is 0.321 e. The van der Waals surface area contributed by atoms with E-state index in [-0.39, 0.29) is 24.0 Å². The summed E-state index contributed by atoms with van der Waals surface area (Å²) in [5.74, 6) is -1.19. The van der Waals surface area contributed by atoms with Crippen LogP contribution in [-0.2, 0) is 31.0 Å². The van der Waals surface area contributed by atoms with Crippen molar-refractivity contribution in [2.75, 3.05) is 26.0 Å². The maximum atomic E-state index is 13.6. The number of methoxy groups -OCH3 is 1. The van der Waals surface area contributed by atoms with Gasteiger partial charge < -0.3 is 35.8 Å². The second-order valence-electron chi connectivity index (χ2n) is 12.0. The Kier molecular flexibility index (Phi) is 6.96. The molecule has 0 aromatic heterocycles. The Morgan fingerprint density at radius 2 is 2.05 bits per heavy atom. The van der Waals surface area contributed by atoms with Gasteiger partial charge in [0.1, 0.15) is 12.1 Å². The first-order chi connectivity index (χ1) is 19.1. The number of hydrogen-bond acceptors (Lipinski definition) is 10. The minimum atomic E-state index is -1.19. The van der Waals surface area contributed by atoms with Crippen molar-refractivity contribution in [1.29, 1.82) is 0 Å². The zero-order valence-corrected chi connectivity index (χ0v) is 23.3. The Morgan fingerprint density at radius 3 is 2.75 bits per heavy atom. The van der Waals surface area contributed by atoms with E-state index in [9.17, 15) is 24.6 Å². The molecule has 1 spiro atoms. The molecule has 3 fully saturated rings. The van der Waals surface area contributed by atoms with Crippen molar-refractivity contribution in [3.63, 3.8) is 0 Å². The number of rotatable bonds is 10. The number of benzene rings is 1. The molecule has 11 nitrogen and oxygen atoms in total. The van der Waals surface area contributed by atoms with Crippen LogP contribution in [-0.4, -0.2) is 99.1 Å². The summed E-state index contributed by atoms with van der Waals surface area (Å²) in [6.07, 6.45) is 3.84. The third-order valence-electron chi connectivity index (χ3n) is 9.76. The summed E-state index contributed by atoms with van der Waals surface area (Å²) in [5.41, 5.74) is 5.73. The van der Waals surface area contributed by atoms with Crippen LogP contribution in [0.5, 0.6) is 11.5 Å². The van der Waals surface area contributed by atoms with E-state index in [1.54, 1.807) is 6.07 Å². The number of nitrogens with zero attached hydrogens (tertiary/aromatic N) is 1. The van der Waals surface area contributed by atoms with Crippen molar-refractivity contribution in [3.8, 4) is 11.5 Å². The number of aliphatic carboxylic acids is 1. The van der Waals surface area contributed by atoms with E-state index in [4.69, 9.17) is 20.3 Å². The number of aliphatic hydroxyl groups is 1. The van der Waals surface area contributed by atoms with Gasteiger partial charge in [-0.3, -0.25) is 19.3 Å². The number of hydrogen-bond donors (Lipinski definition) is 5. The normalized spacial score (nSPS) is 33.3. The molecule has 1 aromatic carbocycles. The van der Waals surface area contributed by atoms with Crippen LogP contribution >= 0.6 is 11.8 Å². The lowest BCUT2D eigenvalue weighted by Crippen LogP contribution is -2.78. The topological polar surface area (TPSA) is 172 Å². The minimum absolute atomic E-state index is 0.0237. The molecule has 5 aliphatic rings. The number of phenols is 1. The van der Waals surface area contributed by atoms with Crippen molar-refractivity contribution < 1.29 is 39.2 Å². The molecule has 40 heavy (non-hydrogen) atoms. The van der Waals surface area contributed by atoms with E-state index >= 15 is 0 Å². The average molecular weight is 576 g/mol. The number of esters is 1. The van der Waals surface area contributed by atoms with Gasteiger partial charge in [-0.1, -0.05) is 6.07 Å². The first-order valence-electron chi connectivity index (χ1n) is 14.0. The molecular weight excluding hydrogens is 538 g/mol. The van der Waals surface area contributed by atoms with Crippen LogP contribution < -0.4 is 15.8 Å². The summed E-state index contributed by atoms with van der Waals surface area (Å²) < 4.78 is 11.3. The van der Waals surface area contributed by atoms with Crippen molar-refractivity contribution >= 4 is 29.6 Å². The van der Waals surface area contributed by atoms with E-state index in [1.165, 1.54) is 20.0 Å². The molecule has 3 aliphatic carbocycles. The van der Waals surface area contributed by atoms with Crippen molar-refractivity contribution in [1.82, 2.24) is 10.2 Å². The van der Waals surface area contributed by atoms with Gasteiger partial charge in [0.15, 0.2) is 11.5 Å². The molecule has 7 atom stereocenters. The van der Waals surface area contributed by atoms with Crippen molar-refractivity contribution in [2.24, 2.45) is 11.7 Å². The van der Waals surface area contributed by atoms with Gasteiger partial charge in [0.25, 0.3) is 0 Å². The van der Waals surface area contributed by atoms with Gasteiger partial charge in [-0.05, 0) is 62.6 Å². The number of likely N-dealkylation sites (tertiary alicyclic amines) is 1. The van der Waals surface area contributed by atoms with Crippen LogP contribution in [0.4, 0.5) is 0 Å². The van der Waals surface area contributed by atoms with E-state index in [1.807, 2.05) is 6.07 Å². The second-order valence-corrected chi connectivity index (χ2v) is 13.2. The fourth-order valence-electron chi connectivity index (χ4n) is 7.66. The largest absolute Gasteiger partial charge is 0.504 e. The fraction of sp³-hybridized carbons (Fsp3) is 0.679. The number of carboxylic acids is 1. The maximum Gasteiger partial charge on any atom is 0.321 e. The van der Waals surface area contributed by atoms with Gasteiger partial charge in [-0.15, -0.1) is 11.8 Å². The first kappa shape index (κ1) is 27.6. The molecule has 2 heterocycles. The Labute approximate surface area is 236 Å². The highest BCUT2D eigenvalue weighted by molar-refractivity contribution is 8.00. The van der Waals surface area contributed by atoms with Gasteiger partial charge >= 0.3 is 11.9 Å². The number of carbonyl (C=O) groups is 3. The van der Waals surface area contributed by atoms with Crippen LogP contribution in [0.15, 0.2) is 12.1 Å². The number of nitrogens with two attached hydrogens (primary N) is 1. The third-order valence-corrected chi connectivity index (χ3v) is 11.1. The molecule has 1 amide bonds. The lowest BCUT2D eigenvalue weighted by molar-refractivity contribution is -0.192. The minimum Gasteiger partial charge on any atom is -0.504 e. The van der Waals surface area contributed by atoms with Crippen LogP contribution in [0, 0.1) is 5.92 Å². The van der Waals surface area contributed by atoms with Crippen LogP contribution in [0.1, 0.15) is 49.7 Å². The molecule has 2 saturated carbocycles. The number of piperidine rings is 1. The van der Waals surface area contributed by atoms with E-state index in [0.717, 1.165) is 36.0 Å². The summed E-state index contributed by atoms with van der Waals surface area (Å²) in [4.78, 5) is 39.3. The van der Waals surface area contributed by atoms with E-state index in [0.29, 0.717) is 37.4 Å². The Bertz CT molecular complexity index is 1230. The van der Waals surface area contributed by atoms with Gasteiger partial charge in [0.05, 0.1) is 35.8 Å². The highest BCUT2D eigenvalue weighted by atomic mass is 32.2. The quantitative estimate of drug-likeness (QED) is 0.246. The lowest BCUT2D eigenvalue weighted by Gasteiger charge is -2.64. The summed E-state index contributed by atoms with van der Waals surface area (Å²) >= 11 is 0.999. The predicted molar refractivity (Wildman–Crippen MR) is 145 cm³/mol. The average Bonchev–Trinajstić information content (AvgIpc) is 3.67. The third kappa shape index (κ3) is 4.26. The summed E-state index contributed by atoms with van der Waals surface area (Å²) in [7, 11) is 1.23. The fourth-order valence-corrected chi connectivity index (χ4v) is 8.71. The molecule has 1 saturated heterocycles. The number of ether oxygens (including phenoxy) is 2. The summed E-state index contributed by atoms with van der Waals surface area (Å²) in [5, 5.41) is 34.7. The summed E-state index contributed by atoms with van der Waals surface area (Å²) in [6.45, 7) is 1.77. The van der Waals surface area contributed by atoms with Gasteiger partial charge in [-0.2, -0.15) is 0 Å². The SMILES string of the molecule is COC(=O)CC(SC[C@H](N)C(=O)O)C(=O)N[C@@H]1CC[C@@]2(O)[C@H]3Cc4ccc(O)c5c4[C@@]2(CCN3CC2CC2)[C@H]1O5. The maximum absolute atomic E-state index is 13.6. The Hall–Kier alpha value is -2.54. The number of phenolic OH excluding ortho intramolecular Hbond substituents is 1. The van der Waals surface area contributed by atoms with Gasteiger partial charge in [-0.25, -0.2) is 0 Å². The molecule has 1 unspecified atom stereocenters. The standard InChI is InChI=1S/C28H37N3O8S/c1-38-21(33)11-19(40-13-16(29)26(35)36)25(34)30-17-6-7-28(37)20-10-15-4-5-18(32)23-22(15)27(28,24(17)39-23)8-9-31(20)12-14-2-3-14/h4-5,14,16-17,19-20,24,32,37H,2-3,6-13,29H2,1H3,(H,30,34)(H,35,36)/t16-,17+,19?,20+,24-,27-,28+/m0/s1. The van der Waals surface area contributed by atoms with E-state index < -0.39 is 52.3 Å². The summed E-state index contributed by atoms with van der Waals surface area (Å²) in [6, 6.07) is 1.83. The predicted octanol–water partition coefficient (Wildman–Crippen LogP) is 0.518. The number of nitrogens with one attached hydrogen (secondary N) is 1. The number of carboxylic acid groups (broad SMARTS) is 1. The molecule has 6 N–H and O–H groups in total. The second kappa shape index (κ2) is 10.1. The number of amides is 1. The van der Waals surface area contributed by atoms with Crippen molar-refractivity contribution in [2.45, 2.75) is 85.4 Å². The van der Waals surface area contributed by atoms with Crippen LogP contribution in [0.3, 0.4) is 0 Å². The molecule has 12 heteroatoms. The zero-order valence-electron chi connectivity index (χ0n) is 22.5. The Morgan fingerprint density at radius 1 is 1.27 bits per heavy atom. The number of thioether (sulfide) groups is 1.